The number of benzene rings is 1. The molecule has 0 aliphatic carbocycles. The van der Waals surface area contributed by atoms with E-state index in [1.807, 2.05) is 12.1 Å². The van der Waals surface area contributed by atoms with Gasteiger partial charge in [-0.05, 0) is 24.3 Å². The molecule has 2 rings (SSSR count). The Morgan fingerprint density at radius 2 is 2.27 bits per heavy atom. The minimum Gasteiger partial charge on any atom is -0.495 e. The van der Waals surface area contributed by atoms with Gasteiger partial charge in [0.1, 0.15) is 11.9 Å². The minimum atomic E-state index is -0.766. The van der Waals surface area contributed by atoms with Gasteiger partial charge in [0.15, 0.2) is 0 Å². The molecule has 1 heterocycles. The lowest BCUT2D eigenvalue weighted by molar-refractivity contribution is 0.119. The number of halogens is 2. The molecule has 0 amide bonds. The Morgan fingerprint density at radius 3 is 2.93 bits per heavy atom. The van der Waals surface area contributed by atoms with Crippen LogP contribution in [-0.4, -0.2) is 11.7 Å². The van der Waals surface area contributed by atoms with Gasteiger partial charge in [0, 0.05) is 21.5 Å². The van der Waals surface area contributed by atoms with E-state index in [0.717, 1.165) is 10.9 Å². The van der Waals surface area contributed by atoms with Gasteiger partial charge >= 0.3 is 0 Å². The summed E-state index contributed by atoms with van der Waals surface area (Å²) < 4.78 is 6.19. The molecular weight excluding hydrogens is 279 g/mol. The molecule has 1 atom stereocenters. The van der Waals surface area contributed by atoms with E-state index in [4.69, 9.17) is 16.3 Å². The van der Waals surface area contributed by atoms with E-state index in [1.54, 1.807) is 12.1 Å². The Hall–Kier alpha value is -0.510. The molecule has 0 saturated carbocycles. The van der Waals surface area contributed by atoms with Gasteiger partial charge in [0.05, 0.1) is 6.61 Å². The first-order valence-corrected chi connectivity index (χ1v) is 5.81. The van der Waals surface area contributed by atoms with Crippen molar-refractivity contribution in [2.24, 2.45) is 0 Å². The van der Waals surface area contributed by atoms with Crippen molar-refractivity contribution in [3.8, 4) is 0 Å². The highest BCUT2D eigenvalue weighted by atomic mass is 79.9. The van der Waals surface area contributed by atoms with Crippen molar-refractivity contribution in [1.29, 1.82) is 0 Å². The van der Waals surface area contributed by atoms with E-state index in [2.05, 4.69) is 15.9 Å². The number of ether oxygens (including phenoxy) is 1. The molecule has 0 bridgehead atoms. The van der Waals surface area contributed by atoms with Crippen LogP contribution in [0.1, 0.15) is 18.1 Å². The Kier molecular flexibility index (Phi) is 3.34. The van der Waals surface area contributed by atoms with Gasteiger partial charge in [-0.1, -0.05) is 27.5 Å². The first-order valence-electron chi connectivity index (χ1n) is 4.64. The van der Waals surface area contributed by atoms with Crippen LogP contribution in [-0.2, 0) is 4.74 Å². The molecule has 15 heavy (non-hydrogen) atoms. The summed E-state index contributed by atoms with van der Waals surface area (Å²) >= 11 is 9.35. The molecule has 0 saturated heterocycles. The van der Waals surface area contributed by atoms with Crippen molar-refractivity contribution < 1.29 is 9.84 Å². The molecule has 0 fully saturated rings. The molecule has 80 valence electrons. The number of hydrogen-bond acceptors (Lipinski definition) is 2. The SMILES string of the molecule is OC(C1=CCCO1)c1cc(Br)ccc1Cl. The monoisotopic (exact) mass is 288 g/mol. The van der Waals surface area contributed by atoms with Crippen LogP contribution in [0.25, 0.3) is 0 Å². The fourth-order valence-corrected chi connectivity index (χ4v) is 2.10. The standard InChI is InChI=1S/C11H10BrClO2/c12-7-3-4-9(13)8(6-7)11(14)10-2-1-5-15-10/h2-4,6,11,14H,1,5H2. The highest BCUT2D eigenvalue weighted by molar-refractivity contribution is 9.10. The van der Waals surface area contributed by atoms with Crippen LogP contribution in [0, 0.1) is 0 Å². The molecule has 0 aromatic heterocycles. The molecular formula is C11H10BrClO2. The van der Waals surface area contributed by atoms with Gasteiger partial charge in [0.25, 0.3) is 0 Å². The van der Waals surface area contributed by atoms with E-state index < -0.39 is 6.10 Å². The molecule has 0 radical (unpaired) electrons. The molecule has 1 aliphatic heterocycles. The van der Waals surface area contributed by atoms with Crippen LogP contribution in [0.2, 0.25) is 5.02 Å². The van der Waals surface area contributed by atoms with Crippen molar-refractivity contribution >= 4 is 27.5 Å². The average Bonchev–Trinajstić information content (AvgIpc) is 2.74. The largest absolute Gasteiger partial charge is 0.495 e. The van der Waals surface area contributed by atoms with Crippen molar-refractivity contribution in [2.75, 3.05) is 6.61 Å². The molecule has 1 N–H and O–H groups in total. The van der Waals surface area contributed by atoms with Crippen molar-refractivity contribution in [2.45, 2.75) is 12.5 Å². The molecule has 1 aromatic rings. The molecule has 1 aromatic carbocycles. The first-order chi connectivity index (χ1) is 7.18. The van der Waals surface area contributed by atoms with E-state index in [0.29, 0.717) is 23.0 Å². The van der Waals surface area contributed by atoms with Gasteiger partial charge in [-0.2, -0.15) is 0 Å². The van der Waals surface area contributed by atoms with Crippen LogP contribution in [0.5, 0.6) is 0 Å². The summed E-state index contributed by atoms with van der Waals surface area (Å²) in [5, 5.41) is 10.6. The van der Waals surface area contributed by atoms with Crippen molar-refractivity contribution in [3.05, 3.63) is 45.1 Å². The highest BCUT2D eigenvalue weighted by Gasteiger charge is 2.20. The van der Waals surface area contributed by atoms with Gasteiger partial charge in [-0.15, -0.1) is 0 Å². The third-order valence-electron chi connectivity index (χ3n) is 2.25. The number of aliphatic hydroxyl groups excluding tert-OH is 1. The molecule has 1 unspecified atom stereocenters. The topological polar surface area (TPSA) is 29.5 Å². The Labute approximate surface area is 102 Å². The first kappa shape index (κ1) is 11.0. The van der Waals surface area contributed by atoms with Crippen molar-refractivity contribution in [1.82, 2.24) is 0 Å². The maximum atomic E-state index is 10.0. The van der Waals surface area contributed by atoms with Crippen LogP contribution in [0.15, 0.2) is 34.5 Å². The predicted octanol–water partition coefficient (Wildman–Crippen LogP) is 3.44. The smallest absolute Gasteiger partial charge is 0.137 e. The maximum Gasteiger partial charge on any atom is 0.137 e. The fraction of sp³-hybridized carbons (Fsp3) is 0.273. The summed E-state index contributed by atoms with van der Waals surface area (Å²) in [7, 11) is 0. The van der Waals surface area contributed by atoms with Crippen LogP contribution in [0.3, 0.4) is 0 Å². The second-order valence-electron chi connectivity index (χ2n) is 3.31. The zero-order chi connectivity index (χ0) is 10.8. The predicted molar refractivity (Wildman–Crippen MR) is 62.8 cm³/mol. The number of aliphatic hydroxyl groups is 1. The Morgan fingerprint density at radius 1 is 1.47 bits per heavy atom. The van der Waals surface area contributed by atoms with Gasteiger partial charge < -0.3 is 9.84 Å². The number of rotatable bonds is 2. The molecule has 2 nitrogen and oxygen atoms in total. The van der Waals surface area contributed by atoms with E-state index in [9.17, 15) is 5.11 Å². The quantitative estimate of drug-likeness (QED) is 0.904. The summed E-state index contributed by atoms with van der Waals surface area (Å²) in [5.74, 6) is 0.593. The van der Waals surface area contributed by atoms with Crippen LogP contribution >= 0.6 is 27.5 Å². The van der Waals surface area contributed by atoms with E-state index in [-0.39, 0.29) is 0 Å². The normalized spacial score (nSPS) is 17.1. The van der Waals surface area contributed by atoms with Gasteiger partial charge in [0.2, 0.25) is 0 Å². The third-order valence-corrected chi connectivity index (χ3v) is 3.09. The number of hydrogen-bond donors (Lipinski definition) is 1. The molecule has 0 spiro atoms. The summed E-state index contributed by atoms with van der Waals surface area (Å²) in [6, 6.07) is 5.39. The summed E-state index contributed by atoms with van der Waals surface area (Å²) in [6.45, 7) is 0.637. The zero-order valence-corrected chi connectivity index (χ0v) is 10.3. The van der Waals surface area contributed by atoms with Gasteiger partial charge in [-0.3, -0.25) is 0 Å². The Balaban J connectivity index is 2.31. The minimum absolute atomic E-state index is 0.544. The summed E-state index contributed by atoms with van der Waals surface area (Å²) in [6.07, 6.45) is 1.97. The average molecular weight is 290 g/mol. The lowest BCUT2D eigenvalue weighted by Crippen LogP contribution is -2.03. The van der Waals surface area contributed by atoms with Crippen LogP contribution < -0.4 is 0 Å². The maximum absolute atomic E-state index is 10.0. The van der Waals surface area contributed by atoms with E-state index in [1.165, 1.54) is 0 Å². The van der Waals surface area contributed by atoms with Gasteiger partial charge in [-0.25, -0.2) is 0 Å². The zero-order valence-electron chi connectivity index (χ0n) is 7.91. The second-order valence-corrected chi connectivity index (χ2v) is 4.63. The molecule has 4 heteroatoms. The Bertz CT molecular complexity index is 404. The second kappa shape index (κ2) is 4.56. The van der Waals surface area contributed by atoms with Crippen molar-refractivity contribution in [3.63, 3.8) is 0 Å². The van der Waals surface area contributed by atoms with Crippen LogP contribution in [0.4, 0.5) is 0 Å². The fourth-order valence-electron chi connectivity index (χ4n) is 1.50. The molecule has 1 aliphatic rings. The lowest BCUT2D eigenvalue weighted by atomic mass is 10.1. The lowest BCUT2D eigenvalue weighted by Gasteiger charge is -2.14. The van der Waals surface area contributed by atoms with E-state index >= 15 is 0 Å². The summed E-state index contributed by atoms with van der Waals surface area (Å²) in [5.41, 5.74) is 0.666. The summed E-state index contributed by atoms with van der Waals surface area (Å²) in [4.78, 5) is 0. The third kappa shape index (κ3) is 2.36. The highest BCUT2D eigenvalue weighted by Crippen LogP contribution is 2.32.